The number of carbonyl (C=O) groups excluding carboxylic acids is 1. The number of aromatic nitrogens is 2. The third-order valence-electron chi connectivity index (χ3n) is 10.6. The number of ether oxygens (including phenoxy) is 5. The predicted molar refractivity (Wildman–Crippen MR) is 235 cm³/mol. The van der Waals surface area contributed by atoms with Gasteiger partial charge in [0.1, 0.15) is 42.3 Å². The monoisotopic (exact) mass is 965 g/mol. The van der Waals surface area contributed by atoms with Crippen LogP contribution in [0.5, 0.6) is 5.75 Å². The van der Waals surface area contributed by atoms with Crippen LogP contribution >= 0.6 is 8.53 Å². The largest absolute Gasteiger partial charge is 0.497 e. The molecule has 364 valence electrons. The van der Waals surface area contributed by atoms with E-state index in [0.29, 0.717) is 22.4 Å². The van der Waals surface area contributed by atoms with Crippen LogP contribution in [-0.4, -0.2) is 96.6 Å². The van der Waals surface area contributed by atoms with Crippen LogP contribution in [0.1, 0.15) is 69.5 Å². The SMILES string of the molecule is COc1ccc(C(OC[C@H]2O[C@@H](n3ccc(NC(C)=O)nc3=O)C(OCOCC(C(F)(F)F)C(F)(F)F)[C@H]2OP(OCCC#N)N(C(C)C)C(C)C)(c2ccccc2)c2ccc(C)cc2)cc1. The average Bonchev–Trinajstić information content (AvgIpc) is 3.59. The molecule has 0 bridgehead atoms. The van der Waals surface area contributed by atoms with Crippen LogP contribution in [0.4, 0.5) is 32.2 Å². The molecule has 5 rings (SSSR count). The Kier molecular flexibility index (Phi) is 18.5. The molecule has 2 heterocycles. The van der Waals surface area contributed by atoms with Gasteiger partial charge in [-0.2, -0.15) is 36.6 Å². The van der Waals surface area contributed by atoms with Gasteiger partial charge in [-0.25, -0.2) is 9.46 Å². The Bertz CT molecular complexity index is 2280. The zero-order valence-electron chi connectivity index (χ0n) is 37.9. The van der Waals surface area contributed by atoms with Gasteiger partial charge in [0, 0.05) is 25.2 Å². The number of aryl methyl sites for hydroxylation is 1. The summed E-state index contributed by atoms with van der Waals surface area (Å²) in [6.07, 6.45) is -15.9. The summed E-state index contributed by atoms with van der Waals surface area (Å²) >= 11 is 0. The summed E-state index contributed by atoms with van der Waals surface area (Å²) in [7, 11) is -0.632. The number of nitriles is 1. The number of nitrogens with zero attached hydrogens (tertiary/aromatic N) is 4. The molecular formula is C46H54F6N5O9P. The number of amides is 1. The number of benzene rings is 3. The molecule has 3 unspecified atom stereocenters. The lowest BCUT2D eigenvalue weighted by atomic mass is 9.79. The molecule has 1 N–H and O–H groups in total. The van der Waals surface area contributed by atoms with Gasteiger partial charge in [0.15, 0.2) is 12.1 Å². The lowest BCUT2D eigenvalue weighted by Crippen LogP contribution is -2.44. The van der Waals surface area contributed by atoms with Crippen LogP contribution in [0, 0.1) is 24.2 Å². The summed E-state index contributed by atoms with van der Waals surface area (Å²) < 4.78 is 128. The van der Waals surface area contributed by atoms with Crippen LogP contribution in [0.25, 0.3) is 0 Å². The van der Waals surface area contributed by atoms with Crippen molar-refractivity contribution < 1.29 is 63.9 Å². The van der Waals surface area contributed by atoms with E-state index in [1.165, 1.54) is 26.3 Å². The summed E-state index contributed by atoms with van der Waals surface area (Å²) in [6.45, 7) is 7.22. The van der Waals surface area contributed by atoms with E-state index >= 15 is 0 Å². The first-order chi connectivity index (χ1) is 31.7. The fourth-order valence-corrected chi connectivity index (χ4v) is 9.31. The Morgan fingerprint density at radius 2 is 1.51 bits per heavy atom. The van der Waals surface area contributed by atoms with Crippen molar-refractivity contribution in [3.8, 4) is 11.8 Å². The van der Waals surface area contributed by atoms with Gasteiger partial charge in [-0.15, -0.1) is 0 Å². The Labute approximate surface area is 386 Å². The van der Waals surface area contributed by atoms with Crippen molar-refractivity contribution in [1.82, 2.24) is 14.2 Å². The molecule has 3 aromatic carbocycles. The second kappa shape index (κ2) is 23.4. The Morgan fingerprint density at radius 1 is 0.910 bits per heavy atom. The Balaban J connectivity index is 1.68. The van der Waals surface area contributed by atoms with Gasteiger partial charge >= 0.3 is 18.0 Å². The number of nitrogens with one attached hydrogen (secondary N) is 1. The van der Waals surface area contributed by atoms with Gasteiger partial charge in [-0.3, -0.25) is 9.36 Å². The summed E-state index contributed by atoms with van der Waals surface area (Å²) in [5.74, 6) is -3.91. The standard InChI is InChI=1S/C46H54F6N5O9P/c1-29(2)57(30(3)4)67(64-25-11-23-53)66-40-37(26-63-44(33-12-9-8-10-13-33,34-16-14-31(5)15-17-34)35-18-20-36(60-7)21-19-35)65-42(56-24-22-39(54-32(6)58)55-43(56)59)41(40)62-28-61-27-38(45(47,48)49)46(50,51)52/h8-10,12-22,24,29-30,37-38,40-42H,11,25-28H2,1-7H3,(H,54,55,58,59)/t37-,40+,41?,42-,44?,67?/m1/s1. The van der Waals surface area contributed by atoms with Gasteiger partial charge < -0.3 is 38.0 Å². The number of halogens is 6. The minimum atomic E-state index is -5.69. The van der Waals surface area contributed by atoms with Gasteiger partial charge in [-0.05, 0) is 69.5 Å². The highest BCUT2D eigenvalue weighted by Gasteiger charge is 2.57. The highest BCUT2D eigenvalue weighted by atomic mass is 31.2. The third kappa shape index (κ3) is 13.4. The number of hydrogen-bond acceptors (Lipinski definition) is 12. The van der Waals surface area contributed by atoms with Gasteiger partial charge in [0.25, 0.3) is 8.53 Å². The number of anilines is 1. The number of methoxy groups -OCH3 is 1. The van der Waals surface area contributed by atoms with Gasteiger partial charge in [0.05, 0.1) is 39.4 Å². The minimum Gasteiger partial charge on any atom is -0.497 e. The van der Waals surface area contributed by atoms with Crippen molar-refractivity contribution in [2.45, 2.75) is 103 Å². The van der Waals surface area contributed by atoms with Crippen molar-refractivity contribution in [3.63, 3.8) is 0 Å². The molecule has 14 nitrogen and oxygen atoms in total. The third-order valence-corrected chi connectivity index (χ3v) is 12.7. The average molecular weight is 966 g/mol. The predicted octanol–water partition coefficient (Wildman–Crippen LogP) is 9.19. The molecule has 0 aliphatic carbocycles. The van der Waals surface area contributed by atoms with E-state index in [2.05, 4.69) is 10.3 Å². The first-order valence-electron chi connectivity index (χ1n) is 21.2. The molecule has 21 heteroatoms. The quantitative estimate of drug-likeness (QED) is 0.0263. The molecule has 4 aromatic rings. The molecule has 1 amide bonds. The summed E-state index contributed by atoms with van der Waals surface area (Å²) in [5, 5.41) is 11.8. The van der Waals surface area contributed by atoms with Crippen LogP contribution in [0.2, 0.25) is 0 Å². The van der Waals surface area contributed by atoms with Gasteiger partial charge in [-0.1, -0.05) is 72.3 Å². The van der Waals surface area contributed by atoms with E-state index in [0.717, 1.165) is 10.1 Å². The van der Waals surface area contributed by atoms with Crippen molar-refractivity contribution in [2.24, 2.45) is 5.92 Å². The van der Waals surface area contributed by atoms with Crippen molar-refractivity contribution in [2.75, 3.05) is 39.0 Å². The Hall–Kier alpha value is -4.97. The maximum atomic E-state index is 13.8. The van der Waals surface area contributed by atoms with E-state index < -0.39 is 81.9 Å². The zero-order chi connectivity index (χ0) is 49.1. The molecule has 1 saturated heterocycles. The van der Waals surface area contributed by atoms with E-state index in [9.17, 15) is 41.2 Å². The Morgan fingerprint density at radius 3 is 2.04 bits per heavy atom. The van der Waals surface area contributed by atoms with Crippen molar-refractivity contribution in [3.05, 3.63) is 124 Å². The highest BCUT2D eigenvalue weighted by molar-refractivity contribution is 7.44. The molecule has 1 aromatic heterocycles. The maximum absolute atomic E-state index is 13.8. The molecule has 1 aliphatic heterocycles. The summed E-state index contributed by atoms with van der Waals surface area (Å²) in [6, 6.07) is 27.0. The molecule has 1 aliphatic rings. The molecule has 1 fully saturated rings. The van der Waals surface area contributed by atoms with E-state index in [1.54, 1.807) is 12.1 Å². The zero-order valence-corrected chi connectivity index (χ0v) is 38.8. The smallest absolute Gasteiger partial charge is 0.402 e. The van der Waals surface area contributed by atoms with Crippen LogP contribution in [-0.2, 0) is 38.4 Å². The normalized spacial score (nSPS) is 19.2. The number of alkyl halides is 6. The molecule has 0 saturated carbocycles. The lowest BCUT2D eigenvalue weighted by molar-refractivity contribution is -0.299. The molecule has 0 spiro atoms. The summed E-state index contributed by atoms with van der Waals surface area (Å²) in [5.41, 5.74) is 0.614. The minimum absolute atomic E-state index is 0.0321. The number of hydrogen-bond donors (Lipinski definition) is 1. The topological polar surface area (TPSA) is 156 Å². The van der Waals surface area contributed by atoms with Crippen molar-refractivity contribution in [1.29, 1.82) is 5.26 Å². The van der Waals surface area contributed by atoms with Crippen LogP contribution in [0.3, 0.4) is 0 Å². The first-order valence-corrected chi connectivity index (χ1v) is 22.3. The molecule has 67 heavy (non-hydrogen) atoms. The first kappa shape index (κ1) is 53.0. The van der Waals surface area contributed by atoms with E-state index in [1.807, 2.05) is 112 Å². The molecular weight excluding hydrogens is 911 g/mol. The highest BCUT2D eigenvalue weighted by Crippen LogP contribution is 2.51. The van der Waals surface area contributed by atoms with E-state index in [-0.39, 0.29) is 37.5 Å². The number of carbonyl (C=O) groups is 1. The van der Waals surface area contributed by atoms with Crippen molar-refractivity contribution >= 4 is 20.3 Å². The fourth-order valence-electron chi connectivity index (χ4n) is 7.54. The summed E-state index contributed by atoms with van der Waals surface area (Å²) in [4.78, 5) is 29.6. The van der Waals surface area contributed by atoms with Crippen LogP contribution < -0.4 is 15.7 Å². The van der Waals surface area contributed by atoms with Gasteiger partial charge in [0.2, 0.25) is 5.91 Å². The molecule has 6 atom stereocenters. The molecule has 0 radical (unpaired) electrons. The fraction of sp³-hybridized carbons (Fsp3) is 0.478. The maximum Gasteiger partial charge on any atom is 0.402 e. The lowest BCUT2D eigenvalue weighted by Gasteiger charge is -2.39. The van der Waals surface area contributed by atoms with Crippen LogP contribution in [0.15, 0.2) is 95.9 Å². The number of rotatable bonds is 22. The van der Waals surface area contributed by atoms with E-state index in [4.69, 9.17) is 32.7 Å². The second-order valence-electron chi connectivity index (χ2n) is 16.1. The second-order valence-corrected chi connectivity index (χ2v) is 17.5.